The number of allylic oxidation sites excluding steroid dienone is 17. The molecule has 6 N–H and O–H groups in total. The average molecular weight is 1160 g/mol. The highest BCUT2D eigenvalue weighted by Gasteiger charge is 2.47. The Morgan fingerprint density at radius 2 is 0.867 bits per heavy atom. The molecule has 1 fully saturated rings. The number of hydrogen-bond acceptors (Lipinski definition) is 10. The van der Waals surface area contributed by atoms with Crippen LogP contribution in [0.25, 0.3) is 0 Å². The Kier molecular flexibility index (Phi) is 54.7. The topological polar surface area (TPSA) is 175 Å². The number of hydrogen-bond donors (Lipinski definition) is 6. The van der Waals surface area contributed by atoms with Crippen LogP contribution in [0.1, 0.15) is 271 Å². The maximum Gasteiger partial charge on any atom is 0.306 e. The fourth-order valence-corrected chi connectivity index (χ4v) is 9.86. The standard InChI is InChI=1S/C72H123NO10/c1-4-7-10-13-16-19-22-24-26-28-30-32-33-34-36-38-40-42-45-48-51-54-57-60-67(77)83-70-69(79)68(78)66(61-74)82-72(70)81-62-63(64(75)58-55-52-49-46-43-21-18-15-12-9-6-3)73-71(80)65(76)59-56-53-50-47-44-41-39-37-35-31-29-27-25-23-20-17-14-11-8-5-2/h7,10,16-17,19-20,24-27,30,32,34,36,40,42,55,58,63-66,68-70,72,74-76,78-79H,4-6,8-9,11-15,18,21-23,28-29,31,33,35,37-39,41,43-54,56-57,59-62H2,1-3H3,(H,73,80)/b10-7-,19-16-,20-17-,26-24-,27-25-,32-30-,36-34-,42-40-,58-55+. The van der Waals surface area contributed by atoms with Crippen molar-refractivity contribution in [1.29, 1.82) is 0 Å². The van der Waals surface area contributed by atoms with Gasteiger partial charge in [-0.1, -0.05) is 265 Å². The second kappa shape index (κ2) is 58.7. The number of ether oxygens (including phenoxy) is 3. The van der Waals surface area contributed by atoms with Gasteiger partial charge in [-0.15, -0.1) is 0 Å². The lowest BCUT2D eigenvalue weighted by molar-refractivity contribution is -0.305. The van der Waals surface area contributed by atoms with Crippen molar-refractivity contribution in [3.63, 3.8) is 0 Å². The van der Waals surface area contributed by atoms with Crippen molar-refractivity contribution in [2.24, 2.45) is 0 Å². The number of carbonyl (C=O) groups excluding carboxylic acids is 2. The molecule has 0 aromatic rings. The number of esters is 1. The third-order valence-corrected chi connectivity index (χ3v) is 15.2. The maximum atomic E-state index is 13.5. The lowest BCUT2D eigenvalue weighted by Gasteiger charge is -2.41. The van der Waals surface area contributed by atoms with E-state index in [0.29, 0.717) is 12.8 Å². The number of nitrogens with one attached hydrogen (secondary N) is 1. The van der Waals surface area contributed by atoms with Gasteiger partial charge < -0.3 is 45.1 Å². The number of rotatable bonds is 56. The summed E-state index contributed by atoms with van der Waals surface area (Å²) >= 11 is 0. The zero-order valence-electron chi connectivity index (χ0n) is 52.8. The van der Waals surface area contributed by atoms with E-state index in [2.05, 4.69) is 123 Å². The molecule has 0 bridgehead atoms. The van der Waals surface area contributed by atoms with Crippen LogP contribution in [0.15, 0.2) is 109 Å². The van der Waals surface area contributed by atoms with Gasteiger partial charge in [0.25, 0.3) is 0 Å². The lowest BCUT2D eigenvalue weighted by Crippen LogP contribution is -2.61. The van der Waals surface area contributed by atoms with Gasteiger partial charge in [-0.05, 0) is 109 Å². The number of unbranched alkanes of at least 4 members (excludes halogenated alkanes) is 26. The first-order chi connectivity index (χ1) is 40.7. The predicted molar refractivity (Wildman–Crippen MR) is 347 cm³/mol. The van der Waals surface area contributed by atoms with E-state index in [4.69, 9.17) is 14.2 Å². The van der Waals surface area contributed by atoms with Gasteiger partial charge >= 0.3 is 5.97 Å². The summed E-state index contributed by atoms with van der Waals surface area (Å²) in [6, 6.07) is -1.04. The van der Waals surface area contributed by atoms with Gasteiger partial charge in [0.05, 0.1) is 25.4 Å². The molecule has 0 aromatic heterocycles. The van der Waals surface area contributed by atoms with Crippen LogP contribution >= 0.6 is 0 Å². The van der Waals surface area contributed by atoms with E-state index in [1.165, 1.54) is 103 Å². The quantitative estimate of drug-likeness (QED) is 0.0195. The first kappa shape index (κ1) is 77.3. The van der Waals surface area contributed by atoms with E-state index in [-0.39, 0.29) is 19.4 Å². The van der Waals surface area contributed by atoms with E-state index in [9.17, 15) is 35.1 Å². The van der Waals surface area contributed by atoms with Crippen LogP contribution in [-0.4, -0.2) is 99.6 Å². The first-order valence-corrected chi connectivity index (χ1v) is 33.7. The van der Waals surface area contributed by atoms with Gasteiger partial charge in [0.15, 0.2) is 12.4 Å². The van der Waals surface area contributed by atoms with Crippen molar-refractivity contribution in [2.45, 2.75) is 320 Å². The van der Waals surface area contributed by atoms with Crippen molar-refractivity contribution in [2.75, 3.05) is 13.2 Å². The fraction of sp³-hybridized carbons (Fsp3) is 0.722. The number of aliphatic hydroxyl groups is 5. The summed E-state index contributed by atoms with van der Waals surface area (Å²) in [4.78, 5) is 26.6. The fourth-order valence-electron chi connectivity index (χ4n) is 9.86. The third kappa shape index (κ3) is 46.2. The molecule has 11 heteroatoms. The Labute approximate surface area is 507 Å². The van der Waals surface area contributed by atoms with Gasteiger partial charge in [-0.2, -0.15) is 0 Å². The molecule has 1 aliphatic heterocycles. The SMILES string of the molecule is CC/C=C\C/C=C\C/C=C\C/C=C\C/C=C\C/C=C\CCCCCCC(=O)OC1C(OCC(NC(=O)C(O)CCCCCCCCCCCC/C=C\C/C=C\CCCCC)C(O)/C=C/CCCCCCCCCCC)OC(CO)C(O)C1O. The molecule has 1 rings (SSSR count). The molecule has 8 atom stereocenters. The largest absolute Gasteiger partial charge is 0.454 e. The van der Waals surface area contributed by atoms with Gasteiger partial charge in [0, 0.05) is 6.42 Å². The van der Waals surface area contributed by atoms with Crippen LogP contribution in [0, 0.1) is 0 Å². The molecule has 0 radical (unpaired) electrons. The van der Waals surface area contributed by atoms with Crippen LogP contribution in [0.5, 0.6) is 0 Å². The molecule has 83 heavy (non-hydrogen) atoms. The zero-order valence-corrected chi connectivity index (χ0v) is 52.8. The van der Waals surface area contributed by atoms with Crippen LogP contribution in [0.2, 0.25) is 0 Å². The van der Waals surface area contributed by atoms with Crippen LogP contribution < -0.4 is 5.32 Å². The molecule has 1 heterocycles. The minimum atomic E-state index is -1.63. The summed E-state index contributed by atoms with van der Waals surface area (Å²) in [6.45, 7) is 5.64. The van der Waals surface area contributed by atoms with Gasteiger partial charge in [0.2, 0.25) is 5.91 Å². The molecule has 11 nitrogen and oxygen atoms in total. The summed E-state index contributed by atoms with van der Waals surface area (Å²) in [7, 11) is 0. The summed E-state index contributed by atoms with van der Waals surface area (Å²) < 4.78 is 17.6. The number of amides is 1. The Hall–Kier alpha value is -3.68. The van der Waals surface area contributed by atoms with E-state index in [1.807, 2.05) is 6.08 Å². The van der Waals surface area contributed by atoms with Gasteiger partial charge in [-0.3, -0.25) is 9.59 Å². The summed E-state index contributed by atoms with van der Waals surface area (Å²) in [5, 5.41) is 57.1. The Balaban J connectivity index is 2.63. The monoisotopic (exact) mass is 1160 g/mol. The van der Waals surface area contributed by atoms with E-state index in [0.717, 1.165) is 122 Å². The van der Waals surface area contributed by atoms with Crippen LogP contribution in [0.4, 0.5) is 0 Å². The van der Waals surface area contributed by atoms with Crippen molar-refractivity contribution < 1.29 is 49.3 Å². The highest BCUT2D eigenvalue weighted by molar-refractivity contribution is 5.80. The first-order valence-electron chi connectivity index (χ1n) is 33.7. The summed E-state index contributed by atoms with van der Waals surface area (Å²) in [6.07, 6.45) is 69.8. The normalized spacial score (nSPS) is 19.3. The minimum Gasteiger partial charge on any atom is -0.454 e. The smallest absolute Gasteiger partial charge is 0.306 e. The van der Waals surface area contributed by atoms with Crippen molar-refractivity contribution in [1.82, 2.24) is 5.32 Å². The molecular weight excluding hydrogens is 1040 g/mol. The summed E-state index contributed by atoms with van der Waals surface area (Å²) in [5.74, 6) is -1.23. The predicted octanol–water partition coefficient (Wildman–Crippen LogP) is 16.8. The Morgan fingerprint density at radius 1 is 0.482 bits per heavy atom. The maximum absolute atomic E-state index is 13.5. The lowest BCUT2D eigenvalue weighted by atomic mass is 9.99. The molecule has 0 spiro atoms. The second-order valence-electron chi connectivity index (χ2n) is 22.8. The van der Waals surface area contributed by atoms with E-state index >= 15 is 0 Å². The highest BCUT2D eigenvalue weighted by Crippen LogP contribution is 2.26. The highest BCUT2D eigenvalue weighted by atomic mass is 16.7. The number of carbonyl (C=O) groups is 2. The molecule has 0 aromatic carbocycles. The van der Waals surface area contributed by atoms with Crippen LogP contribution in [-0.2, 0) is 23.8 Å². The molecule has 476 valence electrons. The molecule has 8 unspecified atom stereocenters. The Bertz CT molecular complexity index is 1770. The van der Waals surface area contributed by atoms with Gasteiger partial charge in [0.1, 0.15) is 24.4 Å². The molecular formula is C72H123NO10. The van der Waals surface area contributed by atoms with E-state index < -0.39 is 67.4 Å². The van der Waals surface area contributed by atoms with Gasteiger partial charge in [-0.25, -0.2) is 0 Å². The molecule has 1 saturated heterocycles. The Morgan fingerprint density at radius 3 is 1.33 bits per heavy atom. The summed E-state index contributed by atoms with van der Waals surface area (Å²) in [5.41, 5.74) is 0. The third-order valence-electron chi connectivity index (χ3n) is 15.2. The minimum absolute atomic E-state index is 0.0882. The number of aliphatic hydroxyl groups excluding tert-OH is 5. The van der Waals surface area contributed by atoms with Crippen molar-refractivity contribution in [3.05, 3.63) is 109 Å². The van der Waals surface area contributed by atoms with Crippen molar-refractivity contribution in [3.8, 4) is 0 Å². The molecule has 1 amide bonds. The van der Waals surface area contributed by atoms with Crippen LogP contribution in [0.3, 0.4) is 0 Å². The molecule has 0 aliphatic carbocycles. The second-order valence-corrected chi connectivity index (χ2v) is 22.8. The average Bonchev–Trinajstić information content (AvgIpc) is 3.68. The zero-order chi connectivity index (χ0) is 60.3. The van der Waals surface area contributed by atoms with E-state index in [1.54, 1.807) is 6.08 Å². The molecule has 1 aliphatic rings. The van der Waals surface area contributed by atoms with Crippen molar-refractivity contribution >= 4 is 11.9 Å². The molecule has 0 saturated carbocycles.